The van der Waals surface area contributed by atoms with Gasteiger partial charge in [0.15, 0.2) is 0 Å². The fourth-order valence-electron chi connectivity index (χ4n) is 5.64. The van der Waals surface area contributed by atoms with E-state index in [-0.39, 0.29) is 23.7 Å². The SMILES string of the molecule is O=C(CC12CC3CC(CC(C3)C1)C2)NCc1ncccc1F. The van der Waals surface area contributed by atoms with E-state index in [4.69, 9.17) is 0 Å². The Labute approximate surface area is 130 Å². The van der Waals surface area contributed by atoms with E-state index in [0.717, 1.165) is 17.8 Å². The van der Waals surface area contributed by atoms with Crippen LogP contribution in [0.3, 0.4) is 0 Å². The first-order valence-corrected chi connectivity index (χ1v) is 8.48. The maximum absolute atomic E-state index is 13.5. The van der Waals surface area contributed by atoms with Crippen LogP contribution in [0.5, 0.6) is 0 Å². The second-order valence-electron chi connectivity index (χ2n) is 7.80. The lowest BCUT2D eigenvalue weighted by molar-refractivity contribution is -0.129. The lowest BCUT2D eigenvalue weighted by Gasteiger charge is -2.56. The first-order valence-electron chi connectivity index (χ1n) is 8.48. The van der Waals surface area contributed by atoms with Crippen molar-refractivity contribution in [3.63, 3.8) is 0 Å². The number of pyridine rings is 1. The number of nitrogens with one attached hydrogen (secondary N) is 1. The third-order valence-electron chi connectivity index (χ3n) is 5.99. The maximum Gasteiger partial charge on any atom is 0.220 e. The summed E-state index contributed by atoms with van der Waals surface area (Å²) in [6.07, 6.45) is 10.0. The Morgan fingerprint density at radius 3 is 2.45 bits per heavy atom. The highest BCUT2D eigenvalue weighted by molar-refractivity contribution is 5.76. The summed E-state index contributed by atoms with van der Waals surface area (Å²) in [6, 6.07) is 2.95. The van der Waals surface area contributed by atoms with Gasteiger partial charge in [-0.05, 0) is 73.8 Å². The van der Waals surface area contributed by atoms with Gasteiger partial charge in [-0.2, -0.15) is 0 Å². The van der Waals surface area contributed by atoms with Crippen molar-refractivity contribution >= 4 is 5.91 Å². The minimum absolute atomic E-state index is 0.0620. The molecule has 22 heavy (non-hydrogen) atoms. The Morgan fingerprint density at radius 1 is 1.23 bits per heavy atom. The number of aromatic nitrogens is 1. The molecule has 0 aromatic carbocycles. The molecule has 5 rings (SSSR count). The number of amides is 1. The quantitative estimate of drug-likeness (QED) is 0.925. The van der Waals surface area contributed by atoms with Crippen molar-refractivity contribution in [3.8, 4) is 0 Å². The summed E-state index contributed by atoms with van der Waals surface area (Å²) in [5.74, 6) is 2.27. The van der Waals surface area contributed by atoms with Gasteiger partial charge in [-0.3, -0.25) is 9.78 Å². The molecule has 3 nitrogen and oxygen atoms in total. The standard InChI is InChI=1S/C18H23FN2O/c19-15-2-1-3-20-16(15)11-21-17(22)10-18-7-12-4-13(8-18)6-14(5-12)9-18/h1-3,12-14H,4-11H2,(H,21,22). The highest BCUT2D eigenvalue weighted by Crippen LogP contribution is 2.61. The number of nitrogens with zero attached hydrogens (tertiary/aromatic N) is 1. The summed E-state index contributed by atoms with van der Waals surface area (Å²) < 4.78 is 13.5. The number of rotatable bonds is 4. The topological polar surface area (TPSA) is 42.0 Å². The largest absolute Gasteiger partial charge is 0.350 e. The van der Waals surface area contributed by atoms with E-state index >= 15 is 0 Å². The van der Waals surface area contributed by atoms with Gasteiger partial charge in [0, 0.05) is 12.6 Å². The van der Waals surface area contributed by atoms with Gasteiger partial charge in [-0.1, -0.05) is 0 Å². The summed E-state index contributed by atoms with van der Waals surface area (Å²) in [6.45, 7) is 0.192. The van der Waals surface area contributed by atoms with Crippen LogP contribution in [0.25, 0.3) is 0 Å². The Balaban J connectivity index is 1.37. The van der Waals surface area contributed by atoms with Crippen LogP contribution in [-0.4, -0.2) is 10.9 Å². The second kappa shape index (κ2) is 5.32. The Bertz CT molecular complexity index is 551. The van der Waals surface area contributed by atoms with Gasteiger partial charge < -0.3 is 5.32 Å². The lowest BCUT2D eigenvalue weighted by Crippen LogP contribution is -2.48. The summed E-state index contributed by atoms with van der Waals surface area (Å²) in [5, 5.41) is 2.87. The van der Waals surface area contributed by atoms with Crippen LogP contribution in [0.1, 0.15) is 50.6 Å². The molecule has 0 aliphatic heterocycles. The smallest absolute Gasteiger partial charge is 0.220 e. The molecule has 4 saturated carbocycles. The highest BCUT2D eigenvalue weighted by Gasteiger charge is 2.51. The van der Waals surface area contributed by atoms with E-state index < -0.39 is 0 Å². The molecule has 1 N–H and O–H groups in total. The molecule has 0 radical (unpaired) electrons. The van der Waals surface area contributed by atoms with Gasteiger partial charge in [0.05, 0.1) is 12.2 Å². The Kier molecular flexibility index (Phi) is 3.43. The molecule has 4 bridgehead atoms. The van der Waals surface area contributed by atoms with Crippen LogP contribution in [0, 0.1) is 29.0 Å². The molecule has 1 aromatic rings. The van der Waals surface area contributed by atoms with Gasteiger partial charge in [0.2, 0.25) is 5.91 Å². The number of hydrogen-bond donors (Lipinski definition) is 1. The van der Waals surface area contributed by atoms with Gasteiger partial charge >= 0.3 is 0 Å². The van der Waals surface area contributed by atoms with Crippen molar-refractivity contribution in [2.24, 2.45) is 23.2 Å². The molecule has 0 atom stereocenters. The van der Waals surface area contributed by atoms with Crippen molar-refractivity contribution in [1.82, 2.24) is 10.3 Å². The summed E-state index contributed by atoms with van der Waals surface area (Å²) in [5.41, 5.74) is 0.558. The lowest BCUT2D eigenvalue weighted by atomic mass is 9.49. The van der Waals surface area contributed by atoms with Gasteiger partial charge in [0.25, 0.3) is 0 Å². The molecular weight excluding hydrogens is 279 g/mol. The van der Waals surface area contributed by atoms with Gasteiger partial charge in [-0.25, -0.2) is 4.39 Å². The highest BCUT2D eigenvalue weighted by atomic mass is 19.1. The van der Waals surface area contributed by atoms with E-state index in [9.17, 15) is 9.18 Å². The van der Waals surface area contributed by atoms with Crippen LogP contribution in [0.15, 0.2) is 18.3 Å². The van der Waals surface area contributed by atoms with E-state index in [1.807, 2.05) is 0 Å². The van der Waals surface area contributed by atoms with Crippen molar-refractivity contribution in [3.05, 3.63) is 29.8 Å². The molecule has 0 unspecified atom stereocenters. The third-order valence-corrected chi connectivity index (χ3v) is 5.99. The van der Waals surface area contributed by atoms with Crippen molar-refractivity contribution in [2.45, 2.75) is 51.5 Å². The average molecular weight is 302 g/mol. The van der Waals surface area contributed by atoms with Crippen LogP contribution < -0.4 is 5.32 Å². The van der Waals surface area contributed by atoms with Crippen molar-refractivity contribution < 1.29 is 9.18 Å². The molecule has 0 spiro atoms. The number of hydrogen-bond acceptors (Lipinski definition) is 2. The summed E-state index contributed by atoms with van der Waals surface area (Å²) in [7, 11) is 0. The zero-order valence-electron chi connectivity index (χ0n) is 12.9. The molecular formula is C18H23FN2O. The Morgan fingerprint density at radius 2 is 1.86 bits per heavy atom. The van der Waals surface area contributed by atoms with Crippen molar-refractivity contribution in [1.29, 1.82) is 0 Å². The first-order chi connectivity index (χ1) is 10.6. The number of halogens is 1. The average Bonchev–Trinajstić information content (AvgIpc) is 2.44. The molecule has 4 fully saturated rings. The molecule has 4 aliphatic rings. The minimum Gasteiger partial charge on any atom is -0.350 e. The normalized spacial score (nSPS) is 35.6. The van der Waals surface area contributed by atoms with Crippen LogP contribution in [0.4, 0.5) is 4.39 Å². The molecule has 0 saturated heterocycles. The fraction of sp³-hybridized carbons (Fsp3) is 0.667. The van der Waals surface area contributed by atoms with E-state index in [1.165, 1.54) is 44.6 Å². The molecule has 118 valence electrons. The van der Waals surface area contributed by atoms with Crippen LogP contribution in [-0.2, 0) is 11.3 Å². The Hall–Kier alpha value is -1.45. The zero-order chi connectivity index (χ0) is 15.2. The zero-order valence-corrected chi connectivity index (χ0v) is 12.9. The second-order valence-corrected chi connectivity index (χ2v) is 7.80. The monoisotopic (exact) mass is 302 g/mol. The van der Waals surface area contributed by atoms with Crippen LogP contribution in [0.2, 0.25) is 0 Å². The van der Waals surface area contributed by atoms with Gasteiger partial charge in [-0.15, -0.1) is 0 Å². The first kappa shape index (κ1) is 14.2. The minimum atomic E-state index is -0.349. The maximum atomic E-state index is 13.5. The molecule has 4 aliphatic carbocycles. The fourth-order valence-corrected chi connectivity index (χ4v) is 5.64. The summed E-state index contributed by atoms with van der Waals surface area (Å²) in [4.78, 5) is 16.3. The predicted octanol–water partition coefficient (Wildman–Crippen LogP) is 3.44. The molecule has 4 heteroatoms. The van der Waals surface area contributed by atoms with E-state index in [2.05, 4.69) is 10.3 Å². The number of carbonyl (C=O) groups is 1. The van der Waals surface area contributed by atoms with Gasteiger partial charge in [0.1, 0.15) is 5.82 Å². The predicted molar refractivity (Wildman–Crippen MR) is 81.3 cm³/mol. The molecule has 1 amide bonds. The molecule has 1 heterocycles. The number of carbonyl (C=O) groups excluding carboxylic acids is 1. The summed E-state index contributed by atoms with van der Waals surface area (Å²) >= 11 is 0. The van der Waals surface area contributed by atoms with Crippen LogP contribution >= 0.6 is 0 Å². The van der Waals surface area contributed by atoms with E-state index in [0.29, 0.717) is 12.1 Å². The van der Waals surface area contributed by atoms with E-state index in [1.54, 1.807) is 12.3 Å². The third kappa shape index (κ3) is 2.64. The molecule has 1 aromatic heterocycles. The van der Waals surface area contributed by atoms with Crippen molar-refractivity contribution in [2.75, 3.05) is 0 Å².